The van der Waals surface area contributed by atoms with Crippen LogP contribution in [0.1, 0.15) is 23.7 Å². The zero-order valence-corrected chi connectivity index (χ0v) is 11.3. The van der Waals surface area contributed by atoms with Gasteiger partial charge >= 0.3 is 0 Å². The predicted molar refractivity (Wildman–Crippen MR) is 70.9 cm³/mol. The van der Waals surface area contributed by atoms with Crippen LogP contribution in [-0.4, -0.2) is 43.6 Å². The van der Waals surface area contributed by atoms with E-state index in [1.54, 1.807) is 11.0 Å². The molecule has 104 valence electrons. The second kappa shape index (κ2) is 6.02. The van der Waals surface area contributed by atoms with Crippen LogP contribution >= 0.6 is 0 Å². The number of nitrogens with one attached hydrogen (secondary N) is 1. The standard InChI is InChI=1S/C14H19FN2O2/c1-3-17(11-6-7-16-9-11)14(18)10-4-5-13(19-2)12(15)8-10/h4-5,8,11,16H,3,6-7,9H2,1-2H3. The van der Waals surface area contributed by atoms with Crippen LogP contribution in [0.3, 0.4) is 0 Å². The molecule has 1 amide bonds. The van der Waals surface area contributed by atoms with E-state index in [9.17, 15) is 9.18 Å². The van der Waals surface area contributed by atoms with Crippen molar-refractivity contribution in [2.75, 3.05) is 26.7 Å². The molecule has 4 nitrogen and oxygen atoms in total. The Hall–Kier alpha value is -1.62. The number of rotatable bonds is 4. The number of hydrogen-bond donors (Lipinski definition) is 1. The predicted octanol–water partition coefficient (Wildman–Crippen LogP) is 1.66. The first-order valence-corrected chi connectivity index (χ1v) is 6.52. The second-order valence-electron chi connectivity index (χ2n) is 4.59. The Morgan fingerprint density at radius 2 is 2.37 bits per heavy atom. The number of amides is 1. The summed E-state index contributed by atoms with van der Waals surface area (Å²) in [6.45, 7) is 4.29. The van der Waals surface area contributed by atoms with E-state index in [-0.39, 0.29) is 17.7 Å². The minimum atomic E-state index is -0.506. The molecule has 0 saturated carbocycles. The van der Waals surface area contributed by atoms with Crippen molar-refractivity contribution in [3.8, 4) is 5.75 Å². The Kier molecular flexibility index (Phi) is 4.37. The third-order valence-corrected chi connectivity index (χ3v) is 3.48. The fourth-order valence-corrected chi connectivity index (χ4v) is 2.44. The van der Waals surface area contributed by atoms with Gasteiger partial charge in [-0.25, -0.2) is 4.39 Å². The van der Waals surface area contributed by atoms with Gasteiger partial charge < -0.3 is 15.0 Å². The number of halogens is 1. The summed E-state index contributed by atoms with van der Waals surface area (Å²) in [6.07, 6.45) is 0.943. The number of hydrogen-bond acceptors (Lipinski definition) is 3. The lowest BCUT2D eigenvalue weighted by atomic mass is 10.1. The molecule has 0 aliphatic carbocycles. The molecule has 1 aromatic rings. The van der Waals surface area contributed by atoms with Crippen LogP contribution in [0.5, 0.6) is 5.75 Å². The number of likely N-dealkylation sites (N-methyl/N-ethyl adjacent to an activating group) is 1. The molecule has 1 aliphatic heterocycles. The molecule has 0 bridgehead atoms. The quantitative estimate of drug-likeness (QED) is 0.901. The molecule has 1 unspecified atom stereocenters. The average Bonchev–Trinajstić information content (AvgIpc) is 2.93. The number of nitrogens with zero attached hydrogens (tertiary/aromatic N) is 1. The van der Waals surface area contributed by atoms with Crippen molar-refractivity contribution in [1.29, 1.82) is 0 Å². The van der Waals surface area contributed by atoms with E-state index in [1.165, 1.54) is 19.2 Å². The molecule has 0 radical (unpaired) electrons. The SMILES string of the molecule is CCN(C(=O)c1ccc(OC)c(F)c1)C1CCNC1. The molecule has 1 heterocycles. The maximum atomic E-state index is 13.6. The fourth-order valence-electron chi connectivity index (χ4n) is 2.44. The van der Waals surface area contributed by atoms with E-state index in [1.807, 2.05) is 6.92 Å². The molecule has 1 aromatic carbocycles. The lowest BCUT2D eigenvalue weighted by Crippen LogP contribution is -2.41. The lowest BCUT2D eigenvalue weighted by molar-refractivity contribution is 0.0703. The largest absolute Gasteiger partial charge is 0.494 e. The molecule has 0 spiro atoms. The highest BCUT2D eigenvalue weighted by Gasteiger charge is 2.26. The van der Waals surface area contributed by atoms with Gasteiger partial charge in [0.1, 0.15) is 0 Å². The molecule has 1 atom stereocenters. The average molecular weight is 266 g/mol. The summed E-state index contributed by atoms with van der Waals surface area (Å²) in [7, 11) is 1.41. The summed E-state index contributed by atoms with van der Waals surface area (Å²) in [4.78, 5) is 14.2. The third kappa shape index (κ3) is 2.87. The summed E-state index contributed by atoms with van der Waals surface area (Å²) < 4.78 is 18.5. The highest BCUT2D eigenvalue weighted by Crippen LogP contribution is 2.20. The molecule has 5 heteroatoms. The minimum Gasteiger partial charge on any atom is -0.494 e. The zero-order valence-electron chi connectivity index (χ0n) is 11.3. The van der Waals surface area contributed by atoms with Gasteiger partial charge in [0, 0.05) is 24.7 Å². The number of benzene rings is 1. The molecule has 1 saturated heterocycles. The summed E-state index contributed by atoms with van der Waals surface area (Å²) in [5, 5.41) is 3.24. The molecule has 2 rings (SSSR count). The molecule has 0 aromatic heterocycles. The van der Waals surface area contributed by atoms with Gasteiger partial charge in [-0.2, -0.15) is 0 Å². The molecule has 1 N–H and O–H groups in total. The Morgan fingerprint density at radius 1 is 1.58 bits per heavy atom. The first-order chi connectivity index (χ1) is 9.17. The van der Waals surface area contributed by atoms with E-state index in [4.69, 9.17) is 4.74 Å². The van der Waals surface area contributed by atoms with Crippen LogP contribution in [0.25, 0.3) is 0 Å². The maximum Gasteiger partial charge on any atom is 0.254 e. The van der Waals surface area contributed by atoms with Gasteiger partial charge in [-0.1, -0.05) is 0 Å². The van der Waals surface area contributed by atoms with Gasteiger partial charge in [0.05, 0.1) is 7.11 Å². The van der Waals surface area contributed by atoms with E-state index in [2.05, 4.69) is 5.32 Å². The third-order valence-electron chi connectivity index (χ3n) is 3.48. The summed E-state index contributed by atoms with van der Waals surface area (Å²) in [5.41, 5.74) is 0.368. The van der Waals surface area contributed by atoms with Crippen LogP contribution in [0.15, 0.2) is 18.2 Å². The van der Waals surface area contributed by atoms with Crippen molar-refractivity contribution in [2.24, 2.45) is 0 Å². The van der Waals surface area contributed by atoms with E-state index < -0.39 is 5.82 Å². The molecule has 1 aliphatic rings. The van der Waals surface area contributed by atoms with Crippen LogP contribution in [0.2, 0.25) is 0 Å². The van der Waals surface area contributed by atoms with Crippen LogP contribution in [0.4, 0.5) is 4.39 Å². The Balaban J connectivity index is 2.19. The van der Waals surface area contributed by atoms with E-state index in [0.717, 1.165) is 19.5 Å². The first-order valence-electron chi connectivity index (χ1n) is 6.52. The van der Waals surface area contributed by atoms with Gasteiger partial charge in [-0.15, -0.1) is 0 Å². The Labute approximate surface area is 112 Å². The van der Waals surface area contributed by atoms with E-state index in [0.29, 0.717) is 12.1 Å². The highest BCUT2D eigenvalue weighted by atomic mass is 19.1. The number of carbonyl (C=O) groups is 1. The zero-order chi connectivity index (χ0) is 13.8. The van der Waals surface area contributed by atoms with Crippen LogP contribution < -0.4 is 10.1 Å². The monoisotopic (exact) mass is 266 g/mol. The van der Waals surface area contributed by atoms with E-state index >= 15 is 0 Å². The Morgan fingerprint density at radius 3 is 2.89 bits per heavy atom. The van der Waals surface area contributed by atoms with Crippen molar-refractivity contribution in [1.82, 2.24) is 10.2 Å². The van der Waals surface area contributed by atoms with Crippen molar-refractivity contribution in [2.45, 2.75) is 19.4 Å². The van der Waals surface area contributed by atoms with Crippen LogP contribution in [-0.2, 0) is 0 Å². The summed E-state index contributed by atoms with van der Waals surface area (Å²) in [6, 6.07) is 4.54. The van der Waals surface area contributed by atoms with Crippen LogP contribution in [0, 0.1) is 5.82 Å². The fraction of sp³-hybridized carbons (Fsp3) is 0.500. The van der Waals surface area contributed by atoms with Gasteiger partial charge in [0.2, 0.25) is 0 Å². The molecular formula is C14H19FN2O2. The minimum absolute atomic E-state index is 0.127. The van der Waals surface area contributed by atoms with Gasteiger partial charge in [-0.3, -0.25) is 4.79 Å². The first kappa shape index (κ1) is 13.8. The van der Waals surface area contributed by atoms with Crippen molar-refractivity contribution in [3.63, 3.8) is 0 Å². The molecule has 19 heavy (non-hydrogen) atoms. The Bertz CT molecular complexity index is 459. The van der Waals surface area contributed by atoms with Crippen molar-refractivity contribution >= 4 is 5.91 Å². The summed E-state index contributed by atoms with van der Waals surface area (Å²) >= 11 is 0. The summed E-state index contributed by atoms with van der Waals surface area (Å²) in [5.74, 6) is -0.478. The number of ether oxygens (including phenoxy) is 1. The van der Waals surface area contributed by atoms with Gasteiger partial charge in [0.25, 0.3) is 5.91 Å². The lowest BCUT2D eigenvalue weighted by Gasteiger charge is -2.27. The smallest absolute Gasteiger partial charge is 0.254 e. The number of methoxy groups -OCH3 is 1. The highest BCUT2D eigenvalue weighted by molar-refractivity contribution is 5.94. The number of carbonyl (C=O) groups excluding carboxylic acids is 1. The molecular weight excluding hydrogens is 247 g/mol. The van der Waals surface area contributed by atoms with Gasteiger partial charge in [0.15, 0.2) is 11.6 Å². The molecule has 1 fully saturated rings. The van der Waals surface area contributed by atoms with Gasteiger partial charge in [-0.05, 0) is 38.1 Å². The maximum absolute atomic E-state index is 13.6. The topological polar surface area (TPSA) is 41.6 Å². The van der Waals surface area contributed by atoms with Crippen molar-refractivity contribution < 1.29 is 13.9 Å². The van der Waals surface area contributed by atoms with Crippen molar-refractivity contribution in [3.05, 3.63) is 29.6 Å². The second-order valence-corrected chi connectivity index (χ2v) is 4.59. The normalized spacial score (nSPS) is 18.4.